The zero-order valence-corrected chi connectivity index (χ0v) is 12.7. The Balaban J connectivity index is 1.75. The van der Waals surface area contributed by atoms with Crippen LogP contribution in [-0.2, 0) is 4.79 Å². The standard InChI is InChI=1S/C17H21N3O2/c1-11-5-6-14(10-15(11)17-19-7-8-22-17)20-16(21)12-3-2-4-13(18)9-12/h5-8,10,12-13H,2-4,9,18H2,1H3,(H,20,21). The van der Waals surface area contributed by atoms with E-state index in [0.29, 0.717) is 5.89 Å². The zero-order chi connectivity index (χ0) is 15.5. The van der Waals surface area contributed by atoms with E-state index in [1.807, 2.05) is 25.1 Å². The summed E-state index contributed by atoms with van der Waals surface area (Å²) < 4.78 is 5.35. The first-order valence-corrected chi connectivity index (χ1v) is 7.70. The first-order valence-electron chi connectivity index (χ1n) is 7.70. The number of hydrogen-bond donors (Lipinski definition) is 2. The van der Waals surface area contributed by atoms with E-state index < -0.39 is 0 Å². The highest BCUT2D eigenvalue weighted by Gasteiger charge is 2.25. The lowest BCUT2D eigenvalue weighted by molar-refractivity contribution is -0.120. The molecule has 1 aliphatic rings. The molecule has 3 rings (SSSR count). The quantitative estimate of drug-likeness (QED) is 0.912. The number of hydrogen-bond acceptors (Lipinski definition) is 4. The number of aryl methyl sites for hydroxylation is 1. The van der Waals surface area contributed by atoms with Crippen molar-refractivity contribution in [2.45, 2.75) is 38.6 Å². The average Bonchev–Trinajstić information content (AvgIpc) is 3.03. The van der Waals surface area contributed by atoms with Gasteiger partial charge in [-0.05, 0) is 43.9 Å². The second-order valence-corrected chi connectivity index (χ2v) is 5.98. The Hall–Kier alpha value is -2.14. The molecule has 1 saturated carbocycles. The molecule has 1 amide bonds. The van der Waals surface area contributed by atoms with Gasteiger partial charge >= 0.3 is 0 Å². The van der Waals surface area contributed by atoms with Crippen LogP contribution in [0.1, 0.15) is 31.2 Å². The third-order valence-corrected chi connectivity index (χ3v) is 4.25. The van der Waals surface area contributed by atoms with E-state index in [1.165, 1.54) is 0 Å². The van der Waals surface area contributed by atoms with Crippen LogP contribution >= 0.6 is 0 Å². The van der Waals surface area contributed by atoms with Crippen LogP contribution in [0.3, 0.4) is 0 Å². The van der Waals surface area contributed by atoms with Gasteiger partial charge in [0.1, 0.15) is 6.26 Å². The molecule has 22 heavy (non-hydrogen) atoms. The number of oxazole rings is 1. The van der Waals surface area contributed by atoms with Crippen molar-refractivity contribution in [1.82, 2.24) is 4.98 Å². The fraction of sp³-hybridized carbons (Fsp3) is 0.412. The van der Waals surface area contributed by atoms with Gasteiger partial charge in [-0.3, -0.25) is 4.79 Å². The summed E-state index contributed by atoms with van der Waals surface area (Å²) >= 11 is 0. The van der Waals surface area contributed by atoms with Crippen LogP contribution in [0.2, 0.25) is 0 Å². The summed E-state index contributed by atoms with van der Waals surface area (Å²) in [6.45, 7) is 1.99. The Morgan fingerprint density at radius 3 is 3.00 bits per heavy atom. The van der Waals surface area contributed by atoms with Gasteiger partial charge < -0.3 is 15.5 Å². The minimum atomic E-state index is 0.00948. The number of rotatable bonds is 3. The van der Waals surface area contributed by atoms with Crippen LogP contribution in [0, 0.1) is 12.8 Å². The molecule has 0 bridgehead atoms. The van der Waals surface area contributed by atoms with Crippen LogP contribution in [0.4, 0.5) is 5.69 Å². The second kappa shape index (κ2) is 6.32. The maximum absolute atomic E-state index is 12.4. The van der Waals surface area contributed by atoms with Gasteiger partial charge in [0.25, 0.3) is 0 Å². The van der Waals surface area contributed by atoms with Crippen molar-refractivity contribution >= 4 is 11.6 Å². The third kappa shape index (κ3) is 3.20. The van der Waals surface area contributed by atoms with Crippen molar-refractivity contribution in [3.8, 4) is 11.5 Å². The molecular weight excluding hydrogens is 278 g/mol. The van der Waals surface area contributed by atoms with Crippen molar-refractivity contribution < 1.29 is 9.21 Å². The van der Waals surface area contributed by atoms with Gasteiger partial charge in [-0.1, -0.05) is 12.5 Å². The largest absolute Gasteiger partial charge is 0.445 e. The molecule has 1 fully saturated rings. The van der Waals surface area contributed by atoms with Gasteiger partial charge in [-0.2, -0.15) is 0 Å². The van der Waals surface area contributed by atoms with Gasteiger partial charge in [0, 0.05) is 23.2 Å². The molecule has 1 aromatic heterocycles. The highest BCUT2D eigenvalue weighted by Crippen LogP contribution is 2.27. The average molecular weight is 299 g/mol. The van der Waals surface area contributed by atoms with E-state index >= 15 is 0 Å². The van der Waals surface area contributed by atoms with Crippen molar-refractivity contribution in [2.75, 3.05) is 5.32 Å². The van der Waals surface area contributed by atoms with Gasteiger partial charge in [0.2, 0.25) is 11.8 Å². The molecular formula is C17H21N3O2. The van der Waals surface area contributed by atoms with E-state index in [-0.39, 0.29) is 17.9 Å². The maximum atomic E-state index is 12.4. The molecule has 1 heterocycles. The zero-order valence-electron chi connectivity index (χ0n) is 12.7. The van der Waals surface area contributed by atoms with E-state index in [2.05, 4.69) is 10.3 Å². The summed E-state index contributed by atoms with van der Waals surface area (Å²) in [4.78, 5) is 16.6. The first kappa shape index (κ1) is 14.8. The highest BCUT2D eigenvalue weighted by atomic mass is 16.3. The van der Waals surface area contributed by atoms with Crippen LogP contribution in [0.25, 0.3) is 11.5 Å². The van der Waals surface area contributed by atoms with Crippen molar-refractivity contribution in [1.29, 1.82) is 0 Å². The fourth-order valence-corrected chi connectivity index (χ4v) is 3.00. The number of benzene rings is 1. The Kier molecular flexibility index (Phi) is 4.24. The van der Waals surface area contributed by atoms with Gasteiger partial charge in [-0.15, -0.1) is 0 Å². The molecule has 2 unspecified atom stereocenters. The SMILES string of the molecule is Cc1ccc(NC(=O)C2CCCC(N)C2)cc1-c1ncco1. The molecule has 1 aliphatic carbocycles. The fourth-order valence-electron chi connectivity index (χ4n) is 3.00. The number of aromatic nitrogens is 1. The molecule has 3 N–H and O–H groups in total. The summed E-state index contributed by atoms with van der Waals surface area (Å²) in [5, 5.41) is 3.00. The predicted molar refractivity (Wildman–Crippen MR) is 85.2 cm³/mol. The normalized spacial score (nSPS) is 21.5. The number of nitrogens with two attached hydrogens (primary N) is 1. The minimum Gasteiger partial charge on any atom is -0.445 e. The highest BCUT2D eigenvalue weighted by molar-refractivity contribution is 5.93. The Bertz CT molecular complexity index is 652. The van der Waals surface area contributed by atoms with Crippen molar-refractivity contribution in [3.63, 3.8) is 0 Å². The van der Waals surface area contributed by atoms with Crippen molar-refractivity contribution in [2.24, 2.45) is 11.7 Å². The lowest BCUT2D eigenvalue weighted by Crippen LogP contribution is -2.34. The van der Waals surface area contributed by atoms with E-state index in [9.17, 15) is 4.79 Å². The molecule has 0 aliphatic heterocycles. The summed E-state index contributed by atoms with van der Waals surface area (Å²) in [5.41, 5.74) is 8.68. The molecule has 116 valence electrons. The molecule has 2 atom stereocenters. The Morgan fingerprint density at radius 1 is 1.41 bits per heavy atom. The first-order chi connectivity index (χ1) is 10.6. The van der Waals surface area contributed by atoms with E-state index in [1.54, 1.807) is 12.5 Å². The van der Waals surface area contributed by atoms with Gasteiger partial charge in [0.05, 0.1) is 6.20 Å². The van der Waals surface area contributed by atoms with Crippen LogP contribution in [0.15, 0.2) is 35.1 Å². The molecule has 0 saturated heterocycles. The number of nitrogens with one attached hydrogen (secondary N) is 1. The topological polar surface area (TPSA) is 81.2 Å². The lowest BCUT2D eigenvalue weighted by atomic mass is 9.85. The minimum absolute atomic E-state index is 0.00948. The lowest BCUT2D eigenvalue weighted by Gasteiger charge is -2.25. The summed E-state index contributed by atoms with van der Waals surface area (Å²) in [6.07, 6.45) is 6.88. The maximum Gasteiger partial charge on any atom is 0.227 e. The molecule has 0 spiro atoms. The number of carbonyl (C=O) groups excluding carboxylic acids is 1. The number of anilines is 1. The summed E-state index contributed by atoms with van der Waals surface area (Å²) in [6, 6.07) is 5.91. The second-order valence-electron chi connectivity index (χ2n) is 5.98. The smallest absolute Gasteiger partial charge is 0.227 e. The van der Waals surface area contributed by atoms with Crippen molar-refractivity contribution in [3.05, 3.63) is 36.2 Å². The predicted octanol–water partition coefficient (Wildman–Crippen LogP) is 3.11. The van der Waals surface area contributed by atoms with Gasteiger partial charge in [-0.25, -0.2) is 4.98 Å². The summed E-state index contributed by atoms with van der Waals surface area (Å²) in [5.74, 6) is 0.626. The van der Waals surface area contributed by atoms with Crippen LogP contribution in [0.5, 0.6) is 0 Å². The Labute approximate surface area is 129 Å². The number of carbonyl (C=O) groups is 1. The monoisotopic (exact) mass is 299 g/mol. The van der Waals surface area contributed by atoms with E-state index in [4.69, 9.17) is 10.2 Å². The molecule has 2 aromatic rings. The third-order valence-electron chi connectivity index (χ3n) is 4.25. The number of amides is 1. The molecule has 5 nitrogen and oxygen atoms in total. The van der Waals surface area contributed by atoms with Gasteiger partial charge in [0.15, 0.2) is 0 Å². The molecule has 1 aromatic carbocycles. The summed E-state index contributed by atoms with van der Waals surface area (Å²) in [7, 11) is 0. The van der Waals surface area contributed by atoms with Crippen LogP contribution < -0.4 is 11.1 Å². The molecule has 5 heteroatoms. The molecule has 0 radical (unpaired) electrons. The Morgan fingerprint density at radius 2 is 2.27 bits per heavy atom. The number of nitrogens with zero attached hydrogens (tertiary/aromatic N) is 1. The van der Waals surface area contributed by atoms with Crippen LogP contribution in [-0.4, -0.2) is 16.9 Å². The van der Waals surface area contributed by atoms with E-state index in [0.717, 1.165) is 42.5 Å².